The molecule has 1 aliphatic rings. The maximum absolute atomic E-state index is 13.3. The van der Waals surface area contributed by atoms with Crippen molar-refractivity contribution < 1.29 is 9.32 Å². The second kappa shape index (κ2) is 9.39. The molecule has 2 heterocycles. The SMILES string of the molecule is CC1=C(c2nc(-c3cccc(C)c3)no2)C(c2cccc(Cl)c2)NC(=O)N1Cc1cccc(C)c1. The zero-order chi connectivity index (χ0) is 24.5. The van der Waals surface area contributed by atoms with Gasteiger partial charge in [0.25, 0.3) is 5.89 Å². The second-order valence-corrected chi connectivity index (χ2v) is 9.24. The molecule has 0 aliphatic carbocycles. The number of aryl methyl sites for hydroxylation is 2. The van der Waals surface area contributed by atoms with E-state index in [2.05, 4.69) is 16.5 Å². The van der Waals surface area contributed by atoms with Gasteiger partial charge in [0, 0.05) is 16.3 Å². The van der Waals surface area contributed by atoms with Crippen LogP contribution in [-0.4, -0.2) is 21.1 Å². The number of carbonyl (C=O) groups is 1. The first-order valence-corrected chi connectivity index (χ1v) is 11.8. The van der Waals surface area contributed by atoms with E-state index in [1.54, 1.807) is 11.0 Å². The van der Waals surface area contributed by atoms with Gasteiger partial charge in [-0.3, -0.25) is 4.90 Å². The highest BCUT2D eigenvalue weighted by molar-refractivity contribution is 6.30. The van der Waals surface area contributed by atoms with Crippen molar-refractivity contribution in [1.82, 2.24) is 20.4 Å². The number of allylic oxidation sites excluding steroid dienone is 1. The van der Waals surface area contributed by atoms with Crippen LogP contribution < -0.4 is 5.32 Å². The highest BCUT2D eigenvalue weighted by Gasteiger charge is 2.36. The van der Waals surface area contributed by atoms with Gasteiger partial charge in [0.1, 0.15) is 0 Å². The maximum Gasteiger partial charge on any atom is 0.322 e. The number of aromatic nitrogens is 2. The predicted molar refractivity (Wildman–Crippen MR) is 137 cm³/mol. The molecular formula is C28H25ClN4O2. The lowest BCUT2D eigenvalue weighted by Gasteiger charge is -2.35. The van der Waals surface area contributed by atoms with E-state index in [0.717, 1.165) is 39.1 Å². The minimum Gasteiger partial charge on any atom is -0.334 e. The number of benzene rings is 3. The summed E-state index contributed by atoms with van der Waals surface area (Å²) in [4.78, 5) is 19.7. The van der Waals surface area contributed by atoms with Gasteiger partial charge >= 0.3 is 6.03 Å². The lowest BCUT2D eigenvalue weighted by Crippen LogP contribution is -2.45. The fraction of sp³-hybridized carbons (Fsp3) is 0.179. The van der Waals surface area contributed by atoms with Gasteiger partial charge in [-0.15, -0.1) is 0 Å². The summed E-state index contributed by atoms with van der Waals surface area (Å²) in [6.45, 7) is 6.39. The molecule has 1 aromatic heterocycles. The van der Waals surface area contributed by atoms with Crippen LogP contribution in [0.3, 0.4) is 0 Å². The van der Waals surface area contributed by atoms with Crippen LogP contribution in [0.25, 0.3) is 17.0 Å². The summed E-state index contributed by atoms with van der Waals surface area (Å²) in [7, 11) is 0. The first-order valence-electron chi connectivity index (χ1n) is 11.4. The number of hydrogen-bond donors (Lipinski definition) is 1. The minimum absolute atomic E-state index is 0.198. The molecule has 0 fully saturated rings. The Morgan fingerprint density at radius 1 is 0.971 bits per heavy atom. The summed E-state index contributed by atoms with van der Waals surface area (Å²) in [5, 5.41) is 7.95. The van der Waals surface area contributed by atoms with Gasteiger partial charge in [-0.2, -0.15) is 4.98 Å². The Bertz CT molecular complexity index is 1440. The molecule has 2 amide bonds. The van der Waals surface area contributed by atoms with Crippen molar-refractivity contribution in [2.45, 2.75) is 33.4 Å². The molecule has 3 aromatic carbocycles. The quantitative estimate of drug-likeness (QED) is 0.342. The van der Waals surface area contributed by atoms with Gasteiger partial charge in [0.15, 0.2) is 0 Å². The molecule has 0 bridgehead atoms. The fourth-order valence-corrected chi connectivity index (χ4v) is 4.61. The van der Waals surface area contributed by atoms with E-state index in [9.17, 15) is 4.79 Å². The van der Waals surface area contributed by atoms with Crippen LogP contribution in [0.1, 0.15) is 41.1 Å². The van der Waals surface area contributed by atoms with Crippen molar-refractivity contribution in [2.24, 2.45) is 0 Å². The molecule has 0 spiro atoms. The number of urea groups is 1. The Kier molecular flexibility index (Phi) is 6.14. The van der Waals surface area contributed by atoms with Gasteiger partial charge in [-0.1, -0.05) is 82.5 Å². The smallest absolute Gasteiger partial charge is 0.322 e. The van der Waals surface area contributed by atoms with Gasteiger partial charge in [0.05, 0.1) is 18.2 Å². The molecule has 35 heavy (non-hydrogen) atoms. The summed E-state index contributed by atoms with van der Waals surface area (Å²) in [6.07, 6.45) is 0. The minimum atomic E-state index is -0.485. The van der Waals surface area contributed by atoms with Crippen LogP contribution >= 0.6 is 11.6 Å². The van der Waals surface area contributed by atoms with Crippen molar-refractivity contribution in [2.75, 3.05) is 0 Å². The fourth-order valence-electron chi connectivity index (χ4n) is 4.41. The van der Waals surface area contributed by atoms with Crippen LogP contribution in [0, 0.1) is 13.8 Å². The van der Waals surface area contributed by atoms with Crippen LogP contribution in [0.4, 0.5) is 4.79 Å². The molecule has 176 valence electrons. The zero-order valence-electron chi connectivity index (χ0n) is 19.7. The average molecular weight is 485 g/mol. The number of hydrogen-bond acceptors (Lipinski definition) is 4. The zero-order valence-corrected chi connectivity index (χ0v) is 20.5. The lowest BCUT2D eigenvalue weighted by molar-refractivity contribution is 0.203. The molecule has 1 aliphatic heterocycles. The topological polar surface area (TPSA) is 71.3 Å². The van der Waals surface area contributed by atoms with Gasteiger partial charge in [-0.05, 0) is 50.1 Å². The molecule has 1 N–H and O–H groups in total. The molecule has 5 rings (SSSR count). The Morgan fingerprint density at radius 2 is 1.71 bits per heavy atom. The third-order valence-electron chi connectivity index (χ3n) is 6.13. The Balaban J connectivity index is 1.61. The molecule has 7 heteroatoms. The van der Waals surface area contributed by atoms with Crippen molar-refractivity contribution in [1.29, 1.82) is 0 Å². The molecular weight excluding hydrogens is 460 g/mol. The third-order valence-corrected chi connectivity index (χ3v) is 6.37. The first kappa shape index (κ1) is 22.9. The predicted octanol–water partition coefficient (Wildman–Crippen LogP) is 6.70. The number of rotatable bonds is 5. The monoisotopic (exact) mass is 484 g/mol. The standard InChI is InChI=1S/C28H25ClN4O2/c1-17-7-4-9-20(13-17)16-33-19(3)24(25(30-28(33)34)21-10-6-12-23(29)15-21)27-31-26(32-35-27)22-11-5-8-18(2)14-22/h4-15,25H,16H2,1-3H3,(H,30,34). The highest BCUT2D eigenvalue weighted by atomic mass is 35.5. The number of halogens is 1. The van der Waals surface area contributed by atoms with Crippen LogP contribution in [-0.2, 0) is 6.54 Å². The summed E-state index contributed by atoms with van der Waals surface area (Å²) in [6, 6.07) is 22.8. The Morgan fingerprint density at radius 3 is 2.46 bits per heavy atom. The number of nitrogens with one attached hydrogen (secondary N) is 1. The molecule has 4 aromatic rings. The second-order valence-electron chi connectivity index (χ2n) is 8.80. The molecule has 6 nitrogen and oxygen atoms in total. The number of nitrogens with zero attached hydrogens (tertiary/aromatic N) is 3. The molecule has 1 unspecified atom stereocenters. The van der Waals surface area contributed by atoms with E-state index in [1.165, 1.54) is 0 Å². The van der Waals surface area contributed by atoms with Crippen LogP contribution in [0.5, 0.6) is 0 Å². The van der Waals surface area contributed by atoms with E-state index in [1.807, 2.05) is 81.4 Å². The Labute approximate surface area is 209 Å². The summed E-state index contributed by atoms with van der Waals surface area (Å²) in [5.41, 5.74) is 6.48. The largest absolute Gasteiger partial charge is 0.334 e. The van der Waals surface area contributed by atoms with E-state index in [0.29, 0.717) is 23.3 Å². The maximum atomic E-state index is 13.3. The van der Waals surface area contributed by atoms with E-state index >= 15 is 0 Å². The first-order chi connectivity index (χ1) is 16.9. The molecule has 0 saturated heterocycles. The number of amides is 2. The van der Waals surface area contributed by atoms with Gasteiger partial charge in [0.2, 0.25) is 5.82 Å². The summed E-state index contributed by atoms with van der Waals surface area (Å²) in [5.74, 6) is 0.856. The van der Waals surface area contributed by atoms with Gasteiger partial charge in [-0.25, -0.2) is 4.79 Å². The third kappa shape index (κ3) is 4.70. The van der Waals surface area contributed by atoms with E-state index < -0.39 is 6.04 Å². The van der Waals surface area contributed by atoms with Crippen molar-refractivity contribution in [3.8, 4) is 11.4 Å². The van der Waals surface area contributed by atoms with Gasteiger partial charge < -0.3 is 9.84 Å². The lowest BCUT2D eigenvalue weighted by atomic mass is 9.94. The van der Waals surface area contributed by atoms with E-state index in [-0.39, 0.29) is 6.03 Å². The van der Waals surface area contributed by atoms with E-state index in [4.69, 9.17) is 21.1 Å². The average Bonchev–Trinajstić information content (AvgIpc) is 3.31. The summed E-state index contributed by atoms with van der Waals surface area (Å²) >= 11 is 6.29. The summed E-state index contributed by atoms with van der Waals surface area (Å²) < 4.78 is 5.77. The number of carbonyl (C=O) groups excluding carboxylic acids is 1. The molecule has 0 saturated carbocycles. The Hall–Kier alpha value is -3.90. The van der Waals surface area contributed by atoms with Crippen molar-refractivity contribution >= 4 is 23.2 Å². The highest BCUT2D eigenvalue weighted by Crippen LogP contribution is 2.38. The van der Waals surface area contributed by atoms with Crippen LogP contribution in [0.2, 0.25) is 5.02 Å². The molecule has 0 radical (unpaired) electrons. The van der Waals surface area contributed by atoms with Crippen molar-refractivity contribution in [3.05, 3.63) is 112 Å². The normalized spacial score (nSPS) is 15.9. The van der Waals surface area contributed by atoms with Crippen LogP contribution in [0.15, 0.2) is 83.0 Å². The molecule has 1 atom stereocenters. The van der Waals surface area contributed by atoms with Crippen molar-refractivity contribution in [3.63, 3.8) is 0 Å².